The molecule has 10 heteroatoms. The Labute approximate surface area is 207 Å². The number of nitrogens with zero attached hydrogens (tertiary/aromatic N) is 3. The van der Waals surface area contributed by atoms with E-state index in [1.54, 1.807) is 36.5 Å². The van der Waals surface area contributed by atoms with Crippen LogP contribution in [0.4, 0.5) is 5.82 Å². The first-order valence-electron chi connectivity index (χ1n) is 11.0. The van der Waals surface area contributed by atoms with Gasteiger partial charge in [0.15, 0.2) is 5.82 Å². The number of carbonyl (C=O) groups is 2. The first kappa shape index (κ1) is 24.5. The minimum atomic E-state index is -0.964. The van der Waals surface area contributed by atoms with Gasteiger partial charge in [-0.05, 0) is 17.7 Å². The first-order valence-corrected chi connectivity index (χ1v) is 11.4. The molecule has 2 atom stereocenters. The lowest BCUT2D eigenvalue weighted by atomic mass is 10.0. The Morgan fingerprint density at radius 1 is 1.14 bits per heavy atom. The molecule has 0 bridgehead atoms. The normalized spacial score (nSPS) is 15.0. The van der Waals surface area contributed by atoms with Crippen LogP contribution in [0.5, 0.6) is 5.75 Å². The number of hydrogen-bond donors (Lipinski definition) is 3. The fourth-order valence-electron chi connectivity index (χ4n) is 3.70. The van der Waals surface area contributed by atoms with Gasteiger partial charge in [-0.15, -0.1) is 0 Å². The highest BCUT2D eigenvalue weighted by Gasteiger charge is 2.35. The maximum absolute atomic E-state index is 13.3. The molecule has 1 aliphatic rings. The molecular formula is C25H25ClN4O5. The third-order valence-electron chi connectivity index (χ3n) is 5.42. The van der Waals surface area contributed by atoms with Gasteiger partial charge in [0, 0.05) is 24.8 Å². The highest BCUT2D eigenvalue weighted by molar-refractivity contribution is 6.32. The fourth-order valence-corrected chi connectivity index (χ4v) is 3.88. The zero-order chi connectivity index (χ0) is 24.8. The van der Waals surface area contributed by atoms with Crippen LogP contribution in [0.25, 0.3) is 0 Å². The minimum absolute atomic E-state index is 0.0804. The summed E-state index contributed by atoms with van der Waals surface area (Å²) in [6.07, 6.45) is 2.27. The van der Waals surface area contributed by atoms with Crippen molar-refractivity contribution in [3.63, 3.8) is 0 Å². The quantitative estimate of drug-likeness (QED) is 0.396. The number of ether oxygens (including phenoxy) is 1. The number of benzene rings is 2. The van der Waals surface area contributed by atoms with E-state index < -0.39 is 24.7 Å². The number of halogens is 1. The predicted molar refractivity (Wildman–Crippen MR) is 130 cm³/mol. The van der Waals surface area contributed by atoms with Crippen molar-refractivity contribution in [2.75, 3.05) is 18.5 Å². The summed E-state index contributed by atoms with van der Waals surface area (Å²) in [5.41, 5.74) is 0.887. The number of nitrogens with one attached hydrogen (secondary N) is 1. The van der Waals surface area contributed by atoms with Crippen LogP contribution in [0.1, 0.15) is 5.56 Å². The molecule has 2 heterocycles. The first-order chi connectivity index (χ1) is 16.9. The molecule has 2 unspecified atom stereocenters. The molecule has 3 aromatic rings. The van der Waals surface area contributed by atoms with Gasteiger partial charge in [0.25, 0.3) is 5.91 Å². The molecule has 3 N–H and O–H groups in total. The molecule has 2 amide bonds. The smallest absolute Gasteiger partial charge is 0.251 e. The van der Waals surface area contributed by atoms with Crippen LogP contribution >= 0.6 is 11.6 Å². The summed E-state index contributed by atoms with van der Waals surface area (Å²) >= 11 is 6.18. The zero-order valence-electron chi connectivity index (χ0n) is 18.8. The molecule has 0 fully saturated rings. The maximum atomic E-state index is 13.3. The number of anilines is 1. The lowest BCUT2D eigenvalue weighted by Gasteiger charge is -2.27. The van der Waals surface area contributed by atoms with Crippen LogP contribution in [-0.4, -0.2) is 62.0 Å². The van der Waals surface area contributed by atoms with Gasteiger partial charge in [0.2, 0.25) is 5.91 Å². The van der Waals surface area contributed by atoms with E-state index in [0.717, 1.165) is 5.56 Å². The molecule has 1 aromatic heterocycles. The van der Waals surface area contributed by atoms with Crippen LogP contribution < -0.4 is 10.1 Å². The second kappa shape index (κ2) is 11.2. The highest BCUT2D eigenvalue weighted by Crippen LogP contribution is 2.27. The number of rotatable bonds is 10. The molecule has 35 heavy (non-hydrogen) atoms. The van der Waals surface area contributed by atoms with Crippen molar-refractivity contribution in [2.24, 2.45) is 0 Å². The second-order valence-corrected chi connectivity index (χ2v) is 8.47. The summed E-state index contributed by atoms with van der Waals surface area (Å²) in [5.74, 6) is 0.318. The van der Waals surface area contributed by atoms with Crippen LogP contribution in [-0.2, 0) is 22.6 Å². The lowest BCUT2D eigenvalue weighted by molar-refractivity contribution is -0.133. The van der Waals surface area contributed by atoms with E-state index in [1.807, 2.05) is 30.3 Å². The van der Waals surface area contributed by atoms with Crippen molar-refractivity contribution in [2.45, 2.75) is 25.1 Å². The molecule has 182 valence electrons. The largest absolute Gasteiger partial charge is 0.458 e. The van der Waals surface area contributed by atoms with Gasteiger partial charge in [0.05, 0.1) is 30.8 Å². The van der Waals surface area contributed by atoms with Gasteiger partial charge in [-0.3, -0.25) is 14.3 Å². The number of aromatic nitrogens is 2. The summed E-state index contributed by atoms with van der Waals surface area (Å²) in [5, 5.41) is 26.0. The third kappa shape index (κ3) is 6.27. The van der Waals surface area contributed by atoms with Crippen molar-refractivity contribution in [1.29, 1.82) is 0 Å². The van der Waals surface area contributed by atoms with Gasteiger partial charge in [-0.2, -0.15) is 5.10 Å². The molecule has 1 aliphatic heterocycles. The van der Waals surface area contributed by atoms with Gasteiger partial charge < -0.3 is 25.2 Å². The Bertz CT molecular complexity index is 1210. The summed E-state index contributed by atoms with van der Waals surface area (Å²) in [4.78, 5) is 27.7. The number of hydrogen-bond acceptors (Lipinski definition) is 6. The number of para-hydroxylation sites is 1. The number of amides is 2. The van der Waals surface area contributed by atoms with Crippen LogP contribution in [0.2, 0.25) is 5.02 Å². The molecule has 0 saturated carbocycles. The van der Waals surface area contributed by atoms with Gasteiger partial charge in [-0.25, -0.2) is 0 Å². The summed E-state index contributed by atoms with van der Waals surface area (Å²) in [6.45, 7) is -0.216. The van der Waals surface area contributed by atoms with Crippen LogP contribution in [0, 0.1) is 0 Å². The van der Waals surface area contributed by atoms with Crippen molar-refractivity contribution in [1.82, 2.24) is 14.7 Å². The second-order valence-electron chi connectivity index (χ2n) is 8.06. The Morgan fingerprint density at radius 3 is 2.63 bits per heavy atom. The number of carbonyl (C=O) groups excluding carboxylic acids is 2. The van der Waals surface area contributed by atoms with Crippen molar-refractivity contribution < 1.29 is 24.5 Å². The number of aliphatic hydroxyl groups is 2. The highest BCUT2D eigenvalue weighted by atomic mass is 35.5. The van der Waals surface area contributed by atoms with Crippen molar-refractivity contribution in [3.8, 4) is 5.75 Å². The summed E-state index contributed by atoms with van der Waals surface area (Å²) < 4.78 is 7.25. The molecule has 0 spiro atoms. The average molecular weight is 497 g/mol. The van der Waals surface area contributed by atoms with Gasteiger partial charge in [0.1, 0.15) is 17.6 Å². The molecule has 2 aromatic carbocycles. The summed E-state index contributed by atoms with van der Waals surface area (Å²) in [7, 11) is 0. The SMILES string of the molecule is O=C(Nc1ccn(CC(O)CO)n1)C(Cc1ccccc1)N1CC(Oc2ccccc2Cl)=CC1=O. The topological polar surface area (TPSA) is 117 Å². The Balaban J connectivity index is 1.50. The Hall–Kier alpha value is -3.66. The van der Waals surface area contributed by atoms with E-state index in [0.29, 0.717) is 16.5 Å². The molecule has 0 radical (unpaired) electrons. The Morgan fingerprint density at radius 2 is 1.89 bits per heavy atom. The summed E-state index contributed by atoms with van der Waals surface area (Å²) in [6, 6.07) is 17.1. The lowest BCUT2D eigenvalue weighted by Crippen LogP contribution is -2.47. The fraction of sp³-hybridized carbons (Fsp3) is 0.240. The van der Waals surface area contributed by atoms with Crippen LogP contribution in [0.15, 0.2) is 78.7 Å². The average Bonchev–Trinajstić information content (AvgIpc) is 3.44. The van der Waals surface area contributed by atoms with Crippen LogP contribution in [0.3, 0.4) is 0 Å². The Kier molecular flexibility index (Phi) is 7.81. The molecule has 4 rings (SSSR count). The van der Waals surface area contributed by atoms with E-state index in [4.69, 9.17) is 21.4 Å². The van der Waals surface area contributed by atoms with E-state index in [1.165, 1.54) is 15.7 Å². The van der Waals surface area contributed by atoms with Crippen molar-refractivity contribution in [3.05, 3.63) is 89.3 Å². The number of aliphatic hydroxyl groups excluding tert-OH is 2. The van der Waals surface area contributed by atoms with Crippen molar-refractivity contribution >= 4 is 29.2 Å². The van der Waals surface area contributed by atoms with Gasteiger partial charge >= 0.3 is 0 Å². The minimum Gasteiger partial charge on any atom is -0.458 e. The standard InChI is InChI=1S/C25H25ClN4O5/c26-20-8-4-5-9-22(20)35-19-13-24(33)30(15-19)21(12-17-6-2-1-3-7-17)25(34)27-23-10-11-29(28-23)14-18(32)16-31/h1-11,13,18,21,31-32H,12,14-16H2,(H,27,28,34). The third-order valence-corrected chi connectivity index (χ3v) is 5.73. The van der Waals surface area contributed by atoms with E-state index in [2.05, 4.69) is 10.4 Å². The molecule has 9 nitrogen and oxygen atoms in total. The molecule has 0 aliphatic carbocycles. The molecular weight excluding hydrogens is 472 g/mol. The monoisotopic (exact) mass is 496 g/mol. The zero-order valence-corrected chi connectivity index (χ0v) is 19.5. The maximum Gasteiger partial charge on any atom is 0.251 e. The predicted octanol–water partition coefficient (Wildman–Crippen LogP) is 2.24. The van der Waals surface area contributed by atoms with E-state index in [-0.39, 0.29) is 31.2 Å². The van der Waals surface area contributed by atoms with Gasteiger partial charge in [-0.1, -0.05) is 54.1 Å². The van der Waals surface area contributed by atoms with E-state index in [9.17, 15) is 14.7 Å². The molecule has 0 saturated heterocycles. The van der Waals surface area contributed by atoms with E-state index >= 15 is 0 Å².